The lowest BCUT2D eigenvalue weighted by Crippen LogP contribution is -2.02. The largest absolute Gasteiger partial charge is 0.508 e. The second kappa shape index (κ2) is 4.10. The van der Waals surface area contributed by atoms with E-state index in [1.807, 2.05) is 12.1 Å². The monoisotopic (exact) mass is 222 g/mol. The van der Waals surface area contributed by atoms with Gasteiger partial charge in [0.2, 0.25) is 0 Å². The minimum absolute atomic E-state index is 0.325. The van der Waals surface area contributed by atoms with Gasteiger partial charge in [-0.1, -0.05) is 42.5 Å². The van der Waals surface area contributed by atoms with Crippen LogP contribution in [-0.2, 0) is 12.8 Å². The van der Waals surface area contributed by atoms with Gasteiger partial charge in [-0.15, -0.1) is 0 Å². The lowest BCUT2D eigenvalue weighted by atomic mass is 9.88. The van der Waals surface area contributed by atoms with Gasteiger partial charge in [-0.25, -0.2) is 0 Å². The molecule has 0 unspecified atom stereocenters. The topological polar surface area (TPSA) is 20.2 Å². The van der Waals surface area contributed by atoms with Crippen LogP contribution in [0.3, 0.4) is 0 Å². The third-order valence-electron chi connectivity index (χ3n) is 3.31. The van der Waals surface area contributed by atoms with Crippen LogP contribution in [0.2, 0.25) is 0 Å². The molecule has 2 aromatic carbocycles. The Morgan fingerprint density at radius 2 is 1.53 bits per heavy atom. The summed E-state index contributed by atoms with van der Waals surface area (Å²) in [7, 11) is 0. The quantitative estimate of drug-likeness (QED) is 0.782. The number of benzene rings is 2. The molecular formula is C16H14O. The van der Waals surface area contributed by atoms with Crippen LogP contribution in [0.1, 0.15) is 16.7 Å². The molecule has 1 aliphatic carbocycles. The van der Waals surface area contributed by atoms with Crippen molar-refractivity contribution in [3.8, 4) is 5.75 Å². The first-order valence-corrected chi connectivity index (χ1v) is 5.88. The zero-order valence-electron chi connectivity index (χ0n) is 9.56. The summed E-state index contributed by atoms with van der Waals surface area (Å²) in [5.74, 6) is 0.325. The fourth-order valence-electron chi connectivity index (χ4n) is 2.34. The van der Waals surface area contributed by atoms with Crippen LogP contribution in [0.5, 0.6) is 5.75 Å². The Hall–Kier alpha value is -2.02. The fraction of sp³-hybridized carbons (Fsp3) is 0.125. The van der Waals surface area contributed by atoms with Gasteiger partial charge in [-0.3, -0.25) is 0 Å². The minimum Gasteiger partial charge on any atom is -0.508 e. The zero-order valence-corrected chi connectivity index (χ0v) is 9.56. The summed E-state index contributed by atoms with van der Waals surface area (Å²) in [5, 5.41) is 9.29. The second-order valence-electron chi connectivity index (χ2n) is 4.43. The molecule has 84 valence electrons. The predicted octanol–water partition coefficient (Wildman–Crippen LogP) is 3.57. The number of hydrogen-bond donors (Lipinski definition) is 1. The Morgan fingerprint density at radius 1 is 0.824 bits per heavy atom. The molecular weight excluding hydrogens is 208 g/mol. The molecule has 0 saturated heterocycles. The first-order valence-electron chi connectivity index (χ1n) is 5.88. The molecule has 0 aliphatic heterocycles. The van der Waals surface area contributed by atoms with Crippen LogP contribution in [0.25, 0.3) is 5.57 Å². The zero-order chi connectivity index (χ0) is 11.7. The maximum atomic E-state index is 9.29. The summed E-state index contributed by atoms with van der Waals surface area (Å²) >= 11 is 0. The van der Waals surface area contributed by atoms with Gasteiger partial charge in [0.1, 0.15) is 5.75 Å². The molecule has 0 fully saturated rings. The molecule has 0 bridgehead atoms. The van der Waals surface area contributed by atoms with Gasteiger partial charge in [0.15, 0.2) is 0 Å². The van der Waals surface area contributed by atoms with E-state index in [4.69, 9.17) is 0 Å². The summed E-state index contributed by atoms with van der Waals surface area (Å²) in [4.78, 5) is 0. The highest BCUT2D eigenvalue weighted by molar-refractivity contribution is 5.70. The fourth-order valence-corrected chi connectivity index (χ4v) is 2.34. The molecule has 0 atom stereocenters. The molecule has 0 spiro atoms. The van der Waals surface area contributed by atoms with Crippen molar-refractivity contribution in [1.29, 1.82) is 0 Å². The molecule has 0 amide bonds. The van der Waals surface area contributed by atoms with Gasteiger partial charge >= 0.3 is 0 Å². The van der Waals surface area contributed by atoms with E-state index >= 15 is 0 Å². The van der Waals surface area contributed by atoms with Gasteiger partial charge in [-0.2, -0.15) is 0 Å². The molecule has 1 N–H and O–H groups in total. The SMILES string of the molecule is Oc1ccc(C2=CCc3ccccc3C2)cc1. The molecule has 0 radical (unpaired) electrons. The number of phenols is 1. The van der Waals surface area contributed by atoms with Crippen molar-refractivity contribution < 1.29 is 5.11 Å². The first kappa shape index (κ1) is 10.2. The van der Waals surface area contributed by atoms with Gasteiger partial charge in [-0.05, 0) is 47.2 Å². The third-order valence-corrected chi connectivity index (χ3v) is 3.31. The highest BCUT2D eigenvalue weighted by atomic mass is 16.3. The Morgan fingerprint density at radius 3 is 2.29 bits per heavy atom. The first-order chi connectivity index (χ1) is 8.33. The average molecular weight is 222 g/mol. The van der Waals surface area contributed by atoms with Crippen molar-refractivity contribution in [2.75, 3.05) is 0 Å². The van der Waals surface area contributed by atoms with Crippen LogP contribution in [0.15, 0.2) is 54.6 Å². The average Bonchev–Trinajstić information content (AvgIpc) is 2.39. The lowest BCUT2D eigenvalue weighted by molar-refractivity contribution is 0.475. The number of aromatic hydroxyl groups is 1. The van der Waals surface area contributed by atoms with Gasteiger partial charge in [0.05, 0.1) is 0 Å². The number of rotatable bonds is 1. The van der Waals surface area contributed by atoms with Crippen molar-refractivity contribution in [1.82, 2.24) is 0 Å². The van der Waals surface area contributed by atoms with Crippen molar-refractivity contribution in [2.24, 2.45) is 0 Å². The molecule has 0 heterocycles. The Labute approximate surface area is 101 Å². The minimum atomic E-state index is 0.325. The summed E-state index contributed by atoms with van der Waals surface area (Å²) < 4.78 is 0. The number of hydrogen-bond acceptors (Lipinski definition) is 1. The van der Waals surface area contributed by atoms with Gasteiger partial charge < -0.3 is 5.11 Å². The molecule has 1 nitrogen and oxygen atoms in total. The summed E-state index contributed by atoms with van der Waals surface area (Å²) in [6.45, 7) is 0. The normalized spacial score (nSPS) is 14.0. The predicted molar refractivity (Wildman–Crippen MR) is 69.9 cm³/mol. The van der Waals surface area contributed by atoms with Crippen molar-refractivity contribution in [2.45, 2.75) is 12.8 Å². The van der Waals surface area contributed by atoms with Crippen LogP contribution < -0.4 is 0 Å². The highest BCUT2D eigenvalue weighted by Crippen LogP contribution is 2.28. The second-order valence-corrected chi connectivity index (χ2v) is 4.43. The van der Waals surface area contributed by atoms with E-state index in [2.05, 4.69) is 30.3 Å². The Bertz CT molecular complexity index is 564. The van der Waals surface area contributed by atoms with E-state index in [0.717, 1.165) is 12.8 Å². The molecule has 0 aromatic heterocycles. The standard InChI is InChI=1S/C16H14O/c17-16-9-7-13(8-10-16)15-6-5-12-3-1-2-4-14(12)11-15/h1-4,6-10,17H,5,11H2. The van der Waals surface area contributed by atoms with E-state index in [0.29, 0.717) is 5.75 Å². The van der Waals surface area contributed by atoms with Crippen LogP contribution in [0.4, 0.5) is 0 Å². The summed E-state index contributed by atoms with van der Waals surface area (Å²) in [5.41, 5.74) is 5.40. The van der Waals surface area contributed by atoms with Crippen molar-refractivity contribution in [3.05, 3.63) is 71.3 Å². The molecule has 2 aromatic rings. The maximum absolute atomic E-state index is 9.29. The lowest BCUT2D eigenvalue weighted by Gasteiger charge is -2.17. The van der Waals surface area contributed by atoms with Crippen LogP contribution >= 0.6 is 0 Å². The van der Waals surface area contributed by atoms with E-state index in [9.17, 15) is 5.11 Å². The Kier molecular flexibility index (Phi) is 2.45. The molecule has 3 rings (SSSR count). The van der Waals surface area contributed by atoms with Crippen LogP contribution in [-0.4, -0.2) is 5.11 Å². The van der Waals surface area contributed by atoms with E-state index in [-0.39, 0.29) is 0 Å². The van der Waals surface area contributed by atoms with Crippen molar-refractivity contribution >= 4 is 5.57 Å². The third kappa shape index (κ3) is 1.96. The van der Waals surface area contributed by atoms with Crippen molar-refractivity contribution in [3.63, 3.8) is 0 Å². The molecule has 1 heteroatoms. The van der Waals surface area contributed by atoms with E-state index in [1.54, 1.807) is 12.1 Å². The number of phenolic OH excluding ortho intramolecular Hbond substituents is 1. The van der Waals surface area contributed by atoms with Gasteiger partial charge in [0, 0.05) is 0 Å². The van der Waals surface area contributed by atoms with E-state index in [1.165, 1.54) is 22.3 Å². The number of allylic oxidation sites excluding steroid dienone is 2. The maximum Gasteiger partial charge on any atom is 0.115 e. The molecule has 0 saturated carbocycles. The molecule has 1 aliphatic rings. The summed E-state index contributed by atoms with van der Waals surface area (Å²) in [6, 6.07) is 16.0. The van der Waals surface area contributed by atoms with Crippen LogP contribution in [0, 0.1) is 0 Å². The Balaban J connectivity index is 1.93. The highest BCUT2D eigenvalue weighted by Gasteiger charge is 2.11. The molecule has 17 heavy (non-hydrogen) atoms. The van der Waals surface area contributed by atoms with Gasteiger partial charge in [0.25, 0.3) is 0 Å². The number of fused-ring (bicyclic) bond motifs is 1. The van der Waals surface area contributed by atoms with E-state index < -0.39 is 0 Å². The summed E-state index contributed by atoms with van der Waals surface area (Å²) in [6.07, 6.45) is 4.28. The smallest absolute Gasteiger partial charge is 0.115 e.